The van der Waals surface area contributed by atoms with Gasteiger partial charge in [0.1, 0.15) is 11.5 Å². The summed E-state index contributed by atoms with van der Waals surface area (Å²) < 4.78 is 10.5. The number of rotatable bonds is 4. The summed E-state index contributed by atoms with van der Waals surface area (Å²) >= 11 is 0. The van der Waals surface area contributed by atoms with Gasteiger partial charge in [-0.25, -0.2) is 4.98 Å². The molecule has 0 amide bonds. The number of hydrogen-bond donors (Lipinski definition) is 1. The number of aldehydes is 1. The van der Waals surface area contributed by atoms with Gasteiger partial charge >= 0.3 is 0 Å². The molecule has 2 aromatic rings. The van der Waals surface area contributed by atoms with Crippen molar-refractivity contribution in [3.05, 3.63) is 29.7 Å². The fraction of sp³-hybridized carbons (Fsp3) is 0.231. The molecule has 0 aliphatic heterocycles. The lowest BCUT2D eigenvalue weighted by molar-refractivity contribution is 0.111. The van der Waals surface area contributed by atoms with Gasteiger partial charge in [-0.05, 0) is 19.1 Å². The number of H-pyrrole nitrogens is 1. The van der Waals surface area contributed by atoms with E-state index in [9.17, 15) is 4.79 Å². The summed E-state index contributed by atoms with van der Waals surface area (Å²) in [5, 5.41) is 0. The monoisotopic (exact) mass is 246 g/mol. The average Bonchev–Trinajstić information content (AvgIpc) is 2.79. The molecule has 1 aromatic heterocycles. The Morgan fingerprint density at radius 1 is 1.28 bits per heavy atom. The molecule has 0 saturated heterocycles. The number of carbonyl (C=O) groups is 1. The lowest BCUT2D eigenvalue weighted by Gasteiger charge is -2.09. The molecular formula is C13H14N2O3. The predicted octanol–water partition coefficient (Wildman–Crippen LogP) is 2.21. The quantitative estimate of drug-likeness (QED) is 0.840. The lowest BCUT2D eigenvalue weighted by atomic mass is 10.1. The number of carbonyl (C=O) groups excluding carboxylic acids is 1. The molecule has 2 rings (SSSR count). The molecule has 0 fully saturated rings. The standard InChI is InChI=1S/C13H14N2O3/c1-8-13(15-12(7-16)14-8)10-5-4-9(17-2)6-11(10)18-3/h4-7H,1-3H3,(H,14,15). The number of nitrogens with one attached hydrogen (secondary N) is 1. The fourth-order valence-corrected chi connectivity index (χ4v) is 1.80. The summed E-state index contributed by atoms with van der Waals surface area (Å²) in [7, 11) is 3.18. The van der Waals surface area contributed by atoms with E-state index in [0.717, 1.165) is 11.3 Å². The van der Waals surface area contributed by atoms with Gasteiger partial charge in [-0.3, -0.25) is 4.79 Å². The molecule has 5 heteroatoms. The van der Waals surface area contributed by atoms with E-state index in [2.05, 4.69) is 9.97 Å². The van der Waals surface area contributed by atoms with E-state index in [-0.39, 0.29) is 0 Å². The first kappa shape index (κ1) is 12.2. The van der Waals surface area contributed by atoms with Crippen LogP contribution < -0.4 is 9.47 Å². The van der Waals surface area contributed by atoms with Crippen LogP contribution in [0, 0.1) is 6.92 Å². The fourth-order valence-electron chi connectivity index (χ4n) is 1.80. The van der Waals surface area contributed by atoms with E-state index in [4.69, 9.17) is 9.47 Å². The first-order chi connectivity index (χ1) is 8.69. The minimum absolute atomic E-state index is 0.306. The van der Waals surface area contributed by atoms with Gasteiger partial charge in [-0.2, -0.15) is 0 Å². The second-order valence-electron chi connectivity index (χ2n) is 3.78. The molecule has 0 unspecified atom stereocenters. The van der Waals surface area contributed by atoms with Crippen LogP contribution in [0.1, 0.15) is 16.3 Å². The SMILES string of the molecule is COc1ccc(-c2nc(C=O)[nH]c2C)c(OC)c1. The Morgan fingerprint density at radius 3 is 2.61 bits per heavy atom. The lowest BCUT2D eigenvalue weighted by Crippen LogP contribution is -1.91. The molecule has 0 spiro atoms. The molecule has 1 aromatic carbocycles. The average molecular weight is 246 g/mol. The molecule has 0 aliphatic carbocycles. The largest absolute Gasteiger partial charge is 0.497 e. The predicted molar refractivity (Wildman–Crippen MR) is 67.3 cm³/mol. The van der Waals surface area contributed by atoms with E-state index >= 15 is 0 Å². The van der Waals surface area contributed by atoms with Gasteiger partial charge in [0, 0.05) is 17.3 Å². The molecule has 0 radical (unpaired) electrons. The van der Waals surface area contributed by atoms with Crippen LogP contribution in [-0.2, 0) is 0 Å². The minimum Gasteiger partial charge on any atom is -0.497 e. The summed E-state index contributed by atoms with van der Waals surface area (Å²) in [5.74, 6) is 1.67. The highest BCUT2D eigenvalue weighted by Crippen LogP contribution is 2.33. The van der Waals surface area contributed by atoms with Gasteiger partial charge in [0.2, 0.25) is 0 Å². The highest BCUT2D eigenvalue weighted by Gasteiger charge is 2.14. The maximum atomic E-state index is 10.7. The van der Waals surface area contributed by atoms with Crippen LogP contribution in [0.5, 0.6) is 11.5 Å². The number of benzene rings is 1. The number of aromatic nitrogens is 2. The first-order valence-corrected chi connectivity index (χ1v) is 5.43. The number of hydrogen-bond acceptors (Lipinski definition) is 4. The van der Waals surface area contributed by atoms with Crippen molar-refractivity contribution in [3.8, 4) is 22.8 Å². The topological polar surface area (TPSA) is 64.2 Å². The van der Waals surface area contributed by atoms with Crippen LogP contribution in [-0.4, -0.2) is 30.5 Å². The zero-order valence-corrected chi connectivity index (χ0v) is 10.5. The van der Waals surface area contributed by atoms with Gasteiger partial charge < -0.3 is 14.5 Å². The smallest absolute Gasteiger partial charge is 0.185 e. The summed E-state index contributed by atoms with van der Waals surface area (Å²) in [4.78, 5) is 17.8. The zero-order chi connectivity index (χ0) is 13.1. The summed E-state index contributed by atoms with van der Waals surface area (Å²) in [6.45, 7) is 1.86. The molecule has 18 heavy (non-hydrogen) atoms. The third kappa shape index (κ3) is 2.07. The molecule has 5 nitrogen and oxygen atoms in total. The first-order valence-electron chi connectivity index (χ1n) is 5.43. The van der Waals surface area contributed by atoms with Gasteiger partial charge in [0.05, 0.1) is 19.9 Å². The number of nitrogens with zero attached hydrogens (tertiary/aromatic N) is 1. The summed E-state index contributed by atoms with van der Waals surface area (Å²) in [6, 6.07) is 5.46. The van der Waals surface area contributed by atoms with Crippen molar-refractivity contribution in [3.63, 3.8) is 0 Å². The molecule has 0 saturated carbocycles. The Hall–Kier alpha value is -2.30. The van der Waals surface area contributed by atoms with Crippen molar-refractivity contribution in [1.82, 2.24) is 9.97 Å². The Morgan fingerprint density at radius 2 is 2.06 bits per heavy atom. The van der Waals surface area contributed by atoms with Crippen molar-refractivity contribution in [2.45, 2.75) is 6.92 Å². The van der Waals surface area contributed by atoms with E-state index in [1.165, 1.54) is 0 Å². The van der Waals surface area contributed by atoms with Crippen molar-refractivity contribution < 1.29 is 14.3 Å². The Kier molecular flexibility index (Phi) is 3.32. The van der Waals surface area contributed by atoms with Gasteiger partial charge in [0.25, 0.3) is 0 Å². The van der Waals surface area contributed by atoms with Crippen LogP contribution in [0.2, 0.25) is 0 Å². The Labute approximate surface area is 105 Å². The Bertz CT molecular complexity index is 576. The van der Waals surface area contributed by atoms with Gasteiger partial charge in [-0.15, -0.1) is 0 Å². The number of ether oxygens (including phenoxy) is 2. The van der Waals surface area contributed by atoms with Crippen LogP contribution >= 0.6 is 0 Å². The number of imidazole rings is 1. The second kappa shape index (κ2) is 4.91. The number of methoxy groups -OCH3 is 2. The van der Waals surface area contributed by atoms with Crippen LogP contribution in [0.25, 0.3) is 11.3 Å². The molecule has 0 aliphatic rings. The molecule has 1 N–H and O–H groups in total. The van der Waals surface area contributed by atoms with Crippen LogP contribution in [0.15, 0.2) is 18.2 Å². The zero-order valence-electron chi connectivity index (χ0n) is 10.5. The minimum atomic E-state index is 0.306. The number of aromatic amines is 1. The van der Waals surface area contributed by atoms with Crippen LogP contribution in [0.4, 0.5) is 0 Å². The van der Waals surface area contributed by atoms with Gasteiger partial charge in [-0.1, -0.05) is 0 Å². The van der Waals surface area contributed by atoms with E-state index in [1.54, 1.807) is 20.3 Å². The molecular weight excluding hydrogens is 232 g/mol. The van der Waals surface area contributed by atoms with Gasteiger partial charge in [0.15, 0.2) is 12.1 Å². The molecule has 0 atom stereocenters. The van der Waals surface area contributed by atoms with Crippen molar-refractivity contribution in [2.24, 2.45) is 0 Å². The van der Waals surface area contributed by atoms with Crippen molar-refractivity contribution in [2.75, 3.05) is 14.2 Å². The molecule has 94 valence electrons. The van der Waals surface area contributed by atoms with E-state index in [0.29, 0.717) is 29.3 Å². The normalized spacial score (nSPS) is 10.2. The third-order valence-corrected chi connectivity index (χ3v) is 2.68. The molecule has 0 bridgehead atoms. The Balaban J connectivity index is 2.55. The second-order valence-corrected chi connectivity index (χ2v) is 3.78. The highest BCUT2D eigenvalue weighted by molar-refractivity contribution is 5.76. The van der Waals surface area contributed by atoms with E-state index < -0.39 is 0 Å². The number of aryl methyl sites for hydroxylation is 1. The van der Waals surface area contributed by atoms with Crippen molar-refractivity contribution >= 4 is 6.29 Å². The van der Waals surface area contributed by atoms with Crippen LogP contribution in [0.3, 0.4) is 0 Å². The van der Waals surface area contributed by atoms with E-state index in [1.807, 2.05) is 19.1 Å². The molecule has 1 heterocycles. The maximum Gasteiger partial charge on any atom is 0.185 e. The maximum absolute atomic E-state index is 10.7. The van der Waals surface area contributed by atoms with Crippen molar-refractivity contribution in [1.29, 1.82) is 0 Å². The summed E-state index contributed by atoms with van der Waals surface area (Å²) in [6.07, 6.45) is 0.687. The summed E-state index contributed by atoms with van der Waals surface area (Å²) in [5.41, 5.74) is 2.34. The highest BCUT2D eigenvalue weighted by atomic mass is 16.5. The third-order valence-electron chi connectivity index (χ3n) is 2.68.